The number of aromatic nitrogens is 1. The van der Waals surface area contributed by atoms with Gasteiger partial charge in [0.2, 0.25) is 11.8 Å². The molecule has 0 spiro atoms. The molecule has 0 saturated carbocycles. The largest absolute Gasteiger partial charge is 0.473 e. The molecule has 1 unspecified atom stereocenters. The Bertz CT molecular complexity index is 574. The summed E-state index contributed by atoms with van der Waals surface area (Å²) in [5.74, 6) is 0.283. The number of nitrogens with one attached hydrogen (secondary N) is 2. The van der Waals surface area contributed by atoms with Gasteiger partial charge in [-0.05, 0) is 31.9 Å². The van der Waals surface area contributed by atoms with Gasteiger partial charge in [-0.25, -0.2) is 9.78 Å². The van der Waals surface area contributed by atoms with Gasteiger partial charge in [0.05, 0.1) is 6.10 Å². The van der Waals surface area contributed by atoms with Crippen molar-refractivity contribution < 1.29 is 14.3 Å². The quantitative estimate of drug-likeness (QED) is 0.887. The fourth-order valence-electron chi connectivity index (χ4n) is 2.57. The highest BCUT2D eigenvalue weighted by Gasteiger charge is 2.35. The molecular formula is C16H24N4O3. The lowest BCUT2D eigenvalue weighted by Crippen LogP contribution is -2.60. The summed E-state index contributed by atoms with van der Waals surface area (Å²) >= 11 is 0. The lowest BCUT2D eigenvalue weighted by molar-refractivity contribution is -0.129. The van der Waals surface area contributed by atoms with E-state index >= 15 is 0 Å². The van der Waals surface area contributed by atoms with E-state index in [4.69, 9.17) is 4.74 Å². The van der Waals surface area contributed by atoms with Crippen LogP contribution < -0.4 is 15.4 Å². The van der Waals surface area contributed by atoms with E-state index in [1.165, 1.54) is 0 Å². The molecule has 126 valence electrons. The third-order valence-electron chi connectivity index (χ3n) is 3.51. The number of ether oxygens (including phenoxy) is 1. The molecule has 1 fully saturated rings. The van der Waals surface area contributed by atoms with Crippen LogP contribution in [-0.2, 0) is 4.79 Å². The van der Waals surface area contributed by atoms with E-state index in [1.54, 1.807) is 23.2 Å². The van der Waals surface area contributed by atoms with Gasteiger partial charge in [-0.1, -0.05) is 13.8 Å². The summed E-state index contributed by atoms with van der Waals surface area (Å²) in [7, 11) is 0. The SMILES string of the molecule is CC(C)Oc1ncccc1NC(=O)N1CCNC(=O)C1C(C)C. The highest BCUT2D eigenvalue weighted by atomic mass is 16.5. The maximum atomic E-state index is 12.6. The molecule has 23 heavy (non-hydrogen) atoms. The molecule has 0 radical (unpaired) electrons. The minimum atomic E-state index is -0.477. The molecule has 0 bridgehead atoms. The number of anilines is 1. The van der Waals surface area contributed by atoms with Gasteiger partial charge in [-0.3, -0.25) is 4.79 Å². The Balaban J connectivity index is 2.16. The Morgan fingerprint density at radius 1 is 1.43 bits per heavy atom. The zero-order valence-electron chi connectivity index (χ0n) is 14.0. The summed E-state index contributed by atoms with van der Waals surface area (Å²) in [5.41, 5.74) is 0.500. The van der Waals surface area contributed by atoms with E-state index in [0.29, 0.717) is 24.7 Å². The van der Waals surface area contributed by atoms with Gasteiger partial charge < -0.3 is 20.3 Å². The summed E-state index contributed by atoms with van der Waals surface area (Å²) in [4.78, 5) is 30.4. The third kappa shape index (κ3) is 4.12. The first-order valence-electron chi connectivity index (χ1n) is 7.87. The van der Waals surface area contributed by atoms with Crippen molar-refractivity contribution >= 4 is 17.6 Å². The van der Waals surface area contributed by atoms with Crippen LogP contribution in [0.5, 0.6) is 5.88 Å². The van der Waals surface area contributed by atoms with E-state index in [-0.39, 0.29) is 24.0 Å². The van der Waals surface area contributed by atoms with Gasteiger partial charge in [0.25, 0.3) is 0 Å². The number of urea groups is 1. The molecule has 7 heteroatoms. The average molecular weight is 320 g/mol. The number of pyridine rings is 1. The van der Waals surface area contributed by atoms with Gasteiger partial charge in [0.1, 0.15) is 11.7 Å². The number of piperazine rings is 1. The highest BCUT2D eigenvalue weighted by molar-refractivity contribution is 5.95. The first-order valence-corrected chi connectivity index (χ1v) is 7.87. The van der Waals surface area contributed by atoms with Crippen LogP contribution in [0.4, 0.5) is 10.5 Å². The summed E-state index contributed by atoms with van der Waals surface area (Å²) in [5, 5.41) is 5.61. The van der Waals surface area contributed by atoms with Crippen molar-refractivity contribution in [3.05, 3.63) is 18.3 Å². The summed E-state index contributed by atoms with van der Waals surface area (Å²) < 4.78 is 5.61. The Morgan fingerprint density at radius 2 is 2.17 bits per heavy atom. The Labute approximate surface area is 136 Å². The van der Waals surface area contributed by atoms with Crippen LogP contribution in [0.15, 0.2) is 18.3 Å². The molecular weight excluding hydrogens is 296 g/mol. The maximum absolute atomic E-state index is 12.6. The highest BCUT2D eigenvalue weighted by Crippen LogP contribution is 2.23. The summed E-state index contributed by atoms with van der Waals surface area (Å²) in [6.45, 7) is 8.56. The third-order valence-corrected chi connectivity index (χ3v) is 3.51. The van der Waals surface area contributed by atoms with Crippen LogP contribution in [0, 0.1) is 5.92 Å². The van der Waals surface area contributed by atoms with E-state index < -0.39 is 6.04 Å². The molecule has 2 rings (SSSR count). The standard InChI is InChI=1S/C16H24N4O3/c1-10(2)13-14(21)17-8-9-20(13)16(22)19-12-6-5-7-18-15(12)23-11(3)4/h5-7,10-11,13H,8-9H2,1-4H3,(H,17,21)(H,19,22). The van der Waals surface area contributed by atoms with Crippen LogP contribution in [-0.4, -0.2) is 47.1 Å². The van der Waals surface area contributed by atoms with Crippen LogP contribution in [0.3, 0.4) is 0 Å². The van der Waals surface area contributed by atoms with Crippen molar-refractivity contribution in [3.8, 4) is 5.88 Å². The normalized spacial score (nSPS) is 18.1. The van der Waals surface area contributed by atoms with E-state index in [9.17, 15) is 9.59 Å². The minimum Gasteiger partial charge on any atom is -0.473 e. The predicted molar refractivity (Wildman–Crippen MR) is 87.4 cm³/mol. The second kappa shape index (κ2) is 7.30. The van der Waals surface area contributed by atoms with Crippen LogP contribution in [0.1, 0.15) is 27.7 Å². The van der Waals surface area contributed by atoms with Crippen LogP contribution >= 0.6 is 0 Å². The van der Waals surface area contributed by atoms with E-state index in [1.807, 2.05) is 27.7 Å². The lowest BCUT2D eigenvalue weighted by atomic mass is 10.00. The number of carbonyl (C=O) groups excluding carboxylic acids is 2. The molecule has 1 atom stereocenters. The molecule has 1 aromatic rings. The lowest BCUT2D eigenvalue weighted by Gasteiger charge is -2.37. The number of nitrogens with zero attached hydrogens (tertiary/aromatic N) is 2. The molecule has 0 aromatic carbocycles. The summed E-state index contributed by atoms with van der Waals surface area (Å²) in [6, 6.07) is 2.66. The Kier molecular flexibility index (Phi) is 5.41. The topological polar surface area (TPSA) is 83.6 Å². The molecule has 2 heterocycles. The monoisotopic (exact) mass is 320 g/mol. The number of hydrogen-bond donors (Lipinski definition) is 2. The van der Waals surface area contributed by atoms with Crippen molar-refractivity contribution in [2.75, 3.05) is 18.4 Å². The van der Waals surface area contributed by atoms with E-state index in [2.05, 4.69) is 15.6 Å². The summed E-state index contributed by atoms with van der Waals surface area (Å²) in [6.07, 6.45) is 1.56. The number of rotatable bonds is 4. The smallest absolute Gasteiger partial charge is 0.322 e. The molecule has 0 aliphatic carbocycles. The van der Waals surface area contributed by atoms with Crippen molar-refractivity contribution in [1.29, 1.82) is 0 Å². The Hall–Kier alpha value is -2.31. The molecule has 3 amide bonds. The number of amides is 3. The van der Waals surface area contributed by atoms with Gasteiger partial charge in [0, 0.05) is 19.3 Å². The van der Waals surface area contributed by atoms with Gasteiger partial charge >= 0.3 is 6.03 Å². The molecule has 1 aliphatic rings. The molecule has 7 nitrogen and oxygen atoms in total. The second-order valence-corrected chi connectivity index (χ2v) is 6.13. The first kappa shape index (κ1) is 17.1. The maximum Gasteiger partial charge on any atom is 0.322 e. The van der Waals surface area contributed by atoms with Crippen molar-refractivity contribution in [1.82, 2.24) is 15.2 Å². The van der Waals surface area contributed by atoms with Crippen LogP contribution in [0.25, 0.3) is 0 Å². The average Bonchev–Trinajstić information content (AvgIpc) is 2.48. The van der Waals surface area contributed by atoms with Gasteiger partial charge in [-0.2, -0.15) is 0 Å². The number of carbonyl (C=O) groups is 2. The van der Waals surface area contributed by atoms with Crippen LogP contribution in [0.2, 0.25) is 0 Å². The predicted octanol–water partition coefficient (Wildman–Crippen LogP) is 1.86. The number of hydrogen-bond acceptors (Lipinski definition) is 4. The molecule has 1 aliphatic heterocycles. The molecule has 2 N–H and O–H groups in total. The minimum absolute atomic E-state index is 0.0290. The Morgan fingerprint density at radius 3 is 2.83 bits per heavy atom. The van der Waals surface area contributed by atoms with Crippen molar-refractivity contribution in [2.45, 2.75) is 39.8 Å². The van der Waals surface area contributed by atoms with Crippen molar-refractivity contribution in [2.24, 2.45) is 5.92 Å². The second-order valence-electron chi connectivity index (χ2n) is 6.13. The molecule has 1 aromatic heterocycles. The molecule has 1 saturated heterocycles. The fraction of sp³-hybridized carbons (Fsp3) is 0.562. The van der Waals surface area contributed by atoms with Crippen molar-refractivity contribution in [3.63, 3.8) is 0 Å². The van der Waals surface area contributed by atoms with Gasteiger partial charge in [0.15, 0.2) is 0 Å². The fourth-order valence-corrected chi connectivity index (χ4v) is 2.57. The van der Waals surface area contributed by atoms with E-state index in [0.717, 1.165) is 0 Å². The zero-order valence-corrected chi connectivity index (χ0v) is 14.0. The zero-order chi connectivity index (χ0) is 17.0. The van der Waals surface area contributed by atoms with Gasteiger partial charge in [-0.15, -0.1) is 0 Å². The first-order chi connectivity index (χ1) is 10.9.